The highest BCUT2D eigenvalue weighted by molar-refractivity contribution is 7.98. The van der Waals surface area contributed by atoms with E-state index in [-0.39, 0.29) is 16.5 Å². The predicted molar refractivity (Wildman–Crippen MR) is 135 cm³/mol. The average Bonchev–Trinajstić information content (AvgIpc) is 3.59. The van der Waals surface area contributed by atoms with E-state index in [0.29, 0.717) is 27.3 Å². The summed E-state index contributed by atoms with van der Waals surface area (Å²) in [6.07, 6.45) is 2.90. The van der Waals surface area contributed by atoms with Gasteiger partial charge in [-0.1, -0.05) is 30.8 Å². The van der Waals surface area contributed by atoms with E-state index < -0.39 is 10.0 Å². The molecule has 2 aromatic heterocycles. The SMILES string of the molecule is CCCn1c(CSc2nc3ccccc3c(=O)n2C2CC2)nc2cc(S(=O)(=O)N(C)C)ccc21. The van der Waals surface area contributed by atoms with Crippen LogP contribution in [0, 0.1) is 0 Å². The van der Waals surface area contributed by atoms with Gasteiger partial charge in [-0.15, -0.1) is 0 Å². The highest BCUT2D eigenvalue weighted by Gasteiger charge is 2.29. The van der Waals surface area contributed by atoms with Gasteiger partial charge in [-0.3, -0.25) is 9.36 Å². The lowest BCUT2D eigenvalue weighted by Gasteiger charge is -2.13. The van der Waals surface area contributed by atoms with Gasteiger partial charge in [0.1, 0.15) is 5.82 Å². The van der Waals surface area contributed by atoms with Gasteiger partial charge in [-0.2, -0.15) is 0 Å². The Hall–Kier alpha value is -2.69. The van der Waals surface area contributed by atoms with Crippen LogP contribution in [0.3, 0.4) is 0 Å². The number of aromatic nitrogens is 4. The van der Waals surface area contributed by atoms with Gasteiger partial charge in [0.05, 0.1) is 32.6 Å². The van der Waals surface area contributed by atoms with Crippen LogP contribution >= 0.6 is 11.8 Å². The van der Waals surface area contributed by atoms with Crippen LogP contribution in [0.1, 0.15) is 38.1 Å². The van der Waals surface area contributed by atoms with E-state index in [1.54, 1.807) is 12.1 Å². The molecule has 0 saturated heterocycles. The van der Waals surface area contributed by atoms with E-state index in [9.17, 15) is 13.2 Å². The molecule has 1 aliphatic carbocycles. The van der Waals surface area contributed by atoms with E-state index >= 15 is 0 Å². The van der Waals surface area contributed by atoms with Gasteiger partial charge < -0.3 is 4.57 Å². The van der Waals surface area contributed by atoms with E-state index in [2.05, 4.69) is 11.5 Å². The maximum atomic E-state index is 13.2. The van der Waals surface area contributed by atoms with Crippen LogP contribution < -0.4 is 5.56 Å². The Morgan fingerprint density at radius 3 is 2.56 bits per heavy atom. The minimum absolute atomic E-state index is 0.0104. The van der Waals surface area contributed by atoms with Crippen molar-refractivity contribution in [1.82, 2.24) is 23.4 Å². The molecule has 0 amide bonds. The molecular weight excluding hydrogens is 470 g/mol. The Morgan fingerprint density at radius 1 is 1.09 bits per heavy atom. The summed E-state index contributed by atoms with van der Waals surface area (Å²) in [7, 11) is -0.500. The first kappa shape index (κ1) is 23.1. The predicted octanol–water partition coefficient (Wildman–Crippen LogP) is 4.03. The van der Waals surface area contributed by atoms with Crippen molar-refractivity contribution in [3.63, 3.8) is 0 Å². The van der Waals surface area contributed by atoms with E-state index in [1.807, 2.05) is 34.9 Å². The summed E-state index contributed by atoms with van der Waals surface area (Å²) in [5, 5.41) is 1.35. The number of hydrogen-bond acceptors (Lipinski definition) is 6. The number of aryl methyl sites for hydroxylation is 1. The Morgan fingerprint density at radius 2 is 1.85 bits per heavy atom. The molecule has 34 heavy (non-hydrogen) atoms. The van der Waals surface area contributed by atoms with Crippen LogP contribution in [0.15, 0.2) is 57.3 Å². The van der Waals surface area contributed by atoms with Crippen LogP contribution in [-0.4, -0.2) is 45.9 Å². The third kappa shape index (κ3) is 4.03. The van der Waals surface area contributed by atoms with Crippen molar-refractivity contribution in [3.8, 4) is 0 Å². The Labute approximate surface area is 202 Å². The maximum absolute atomic E-state index is 13.2. The summed E-state index contributed by atoms with van der Waals surface area (Å²) in [5.74, 6) is 1.37. The van der Waals surface area contributed by atoms with Crippen LogP contribution in [-0.2, 0) is 22.3 Å². The fourth-order valence-corrected chi connectivity index (χ4v) is 6.06. The third-order valence-corrected chi connectivity index (χ3v) is 8.80. The lowest BCUT2D eigenvalue weighted by molar-refractivity contribution is 0.521. The van der Waals surface area contributed by atoms with E-state index in [4.69, 9.17) is 9.97 Å². The number of imidazole rings is 1. The topological polar surface area (TPSA) is 90.1 Å². The standard InChI is InChI=1S/C24H27N5O3S2/c1-4-13-28-21-12-11-17(34(31,32)27(2)3)14-20(21)25-22(28)15-33-24-26-19-8-6-5-7-18(19)23(30)29(24)16-9-10-16/h5-8,11-12,14,16H,4,9-10,13,15H2,1-3H3. The van der Waals surface area contributed by atoms with E-state index in [0.717, 1.165) is 37.1 Å². The highest BCUT2D eigenvalue weighted by Crippen LogP contribution is 2.37. The molecule has 0 aliphatic heterocycles. The number of hydrogen-bond donors (Lipinski definition) is 0. The molecule has 1 saturated carbocycles. The number of rotatable bonds is 8. The molecule has 1 fully saturated rings. The van der Waals surface area contributed by atoms with Gasteiger partial charge >= 0.3 is 0 Å². The zero-order valence-corrected chi connectivity index (χ0v) is 21.1. The van der Waals surface area contributed by atoms with Crippen LogP contribution in [0.5, 0.6) is 0 Å². The second-order valence-electron chi connectivity index (χ2n) is 8.72. The van der Waals surface area contributed by atoms with Crippen molar-refractivity contribution in [3.05, 3.63) is 58.6 Å². The van der Waals surface area contributed by atoms with Gasteiger partial charge in [0, 0.05) is 26.7 Å². The molecule has 5 rings (SSSR count). The van der Waals surface area contributed by atoms with Crippen molar-refractivity contribution >= 4 is 43.7 Å². The highest BCUT2D eigenvalue weighted by atomic mass is 32.2. The number of thioether (sulfide) groups is 1. The molecule has 178 valence electrons. The van der Waals surface area contributed by atoms with Gasteiger partial charge in [0.15, 0.2) is 5.16 Å². The summed E-state index contributed by atoms with van der Waals surface area (Å²) in [6.45, 7) is 2.87. The summed E-state index contributed by atoms with van der Waals surface area (Å²) in [5.41, 5.74) is 2.27. The first-order valence-corrected chi connectivity index (χ1v) is 13.8. The lowest BCUT2D eigenvalue weighted by atomic mass is 10.2. The quantitative estimate of drug-likeness (QED) is 0.270. The van der Waals surface area contributed by atoms with Crippen molar-refractivity contribution in [1.29, 1.82) is 0 Å². The molecule has 1 aliphatic rings. The summed E-state index contributed by atoms with van der Waals surface area (Å²) in [6, 6.07) is 12.8. The zero-order valence-electron chi connectivity index (χ0n) is 19.4. The summed E-state index contributed by atoms with van der Waals surface area (Å²) in [4.78, 5) is 23.0. The smallest absolute Gasteiger partial charge is 0.262 e. The molecule has 0 radical (unpaired) electrons. The number of benzene rings is 2. The maximum Gasteiger partial charge on any atom is 0.262 e. The Bertz CT molecular complexity index is 1550. The first-order valence-electron chi connectivity index (χ1n) is 11.4. The molecule has 0 bridgehead atoms. The minimum atomic E-state index is -3.54. The number of nitrogens with zero attached hydrogens (tertiary/aromatic N) is 5. The Balaban J connectivity index is 1.54. The van der Waals surface area contributed by atoms with Crippen LogP contribution in [0.2, 0.25) is 0 Å². The zero-order chi connectivity index (χ0) is 24.0. The second kappa shape index (κ2) is 8.83. The molecule has 0 atom stereocenters. The largest absolute Gasteiger partial charge is 0.327 e. The fraction of sp³-hybridized carbons (Fsp3) is 0.375. The summed E-state index contributed by atoms with van der Waals surface area (Å²) < 4.78 is 30.4. The van der Waals surface area contributed by atoms with Crippen LogP contribution in [0.25, 0.3) is 21.9 Å². The van der Waals surface area contributed by atoms with Crippen molar-refractivity contribution in [2.24, 2.45) is 0 Å². The van der Waals surface area contributed by atoms with Gasteiger partial charge in [0.25, 0.3) is 5.56 Å². The van der Waals surface area contributed by atoms with E-state index in [1.165, 1.54) is 30.2 Å². The monoisotopic (exact) mass is 497 g/mol. The van der Waals surface area contributed by atoms with Gasteiger partial charge in [-0.25, -0.2) is 22.7 Å². The summed E-state index contributed by atoms with van der Waals surface area (Å²) >= 11 is 1.51. The van der Waals surface area contributed by atoms with Crippen molar-refractivity contribution in [2.45, 2.75) is 54.6 Å². The molecule has 0 N–H and O–H groups in total. The number of sulfonamides is 1. The lowest BCUT2D eigenvalue weighted by Crippen LogP contribution is -2.22. The Kier molecular flexibility index (Phi) is 5.99. The molecule has 10 heteroatoms. The second-order valence-corrected chi connectivity index (χ2v) is 11.8. The first-order chi connectivity index (χ1) is 16.3. The third-order valence-electron chi connectivity index (χ3n) is 6.04. The molecular formula is C24H27N5O3S2. The molecule has 0 unspecified atom stereocenters. The molecule has 0 spiro atoms. The molecule has 2 heterocycles. The molecule has 4 aromatic rings. The molecule has 2 aromatic carbocycles. The van der Waals surface area contributed by atoms with Gasteiger partial charge in [-0.05, 0) is 49.6 Å². The molecule has 8 nitrogen and oxygen atoms in total. The van der Waals surface area contributed by atoms with Crippen molar-refractivity contribution in [2.75, 3.05) is 14.1 Å². The fourth-order valence-electron chi connectivity index (χ4n) is 4.13. The normalized spacial score (nSPS) is 14.5. The average molecular weight is 498 g/mol. The minimum Gasteiger partial charge on any atom is -0.327 e. The van der Waals surface area contributed by atoms with Crippen molar-refractivity contribution < 1.29 is 8.42 Å². The number of fused-ring (bicyclic) bond motifs is 2. The van der Waals surface area contributed by atoms with Gasteiger partial charge in [0.2, 0.25) is 10.0 Å². The van der Waals surface area contributed by atoms with Crippen LogP contribution in [0.4, 0.5) is 0 Å². The number of para-hydroxylation sites is 1.